The molecule has 24 heavy (non-hydrogen) atoms. The molecule has 0 saturated heterocycles. The van der Waals surface area contributed by atoms with E-state index in [0.717, 1.165) is 0 Å². The number of halogens is 4. The molecule has 4 nitrogen and oxygen atoms in total. The van der Waals surface area contributed by atoms with Gasteiger partial charge in [-0.2, -0.15) is 8.78 Å². The fourth-order valence-electron chi connectivity index (χ4n) is 1.95. The third kappa shape index (κ3) is 4.57. The Morgan fingerprint density at radius 2 is 1.83 bits per heavy atom. The number of sulfonamides is 1. The number of benzene rings is 2. The van der Waals surface area contributed by atoms with Gasteiger partial charge in [0, 0.05) is 17.1 Å². The topological polar surface area (TPSA) is 55.4 Å². The van der Waals surface area contributed by atoms with Crippen LogP contribution >= 0.6 is 23.2 Å². The van der Waals surface area contributed by atoms with Crippen molar-refractivity contribution in [3.05, 3.63) is 57.6 Å². The summed E-state index contributed by atoms with van der Waals surface area (Å²) < 4.78 is 56.2. The minimum absolute atomic E-state index is 0.0322. The Balaban J connectivity index is 2.24. The molecule has 2 aromatic rings. The third-order valence-electron chi connectivity index (χ3n) is 3.14. The highest BCUT2D eigenvalue weighted by atomic mass is 35.5. The van der Waals surface area contributed by atoms with E-state index < -0.39 is 16.6 Å². The molecule has 2 aromatic carbocycles. The predicted molar refractivity (Wildman–Crippen MR) is 88.3 cm³/mol. The summed E-state index contributed by atoms with van der Waals surface area (Å²) in [6.07, 6.45) is 0. The lowest BCUT2D eigenvalue weighted by Crippen LogP contribution is -2.24. The van der Waals surface area contributed by atoms with Gasteiger partial charge in [-0.05, 0) is 30.7 Å². The molecule has 0 aliphatic heterocycles. The quantitative estimate of drug-likeness (QED) is 0.789. The highest BCUT2D eigenvalue weighted by Gasteiger charge is 2.20. The molecule has 0 amide bonds. The van der Waals surface area contributed by atoms with Crippen LogP contribution in [0.2, 0.25) is 10.0 Å². The number of nitrogens with one attached hydrogen (secondary N) is 1. The lowest BCUT2D eigenvalue weighted by atomic mass is 10.2. The maximum atomic E-state index is 12.4. The SMILES string of the molecule is Cc1cc(S(=O)(=O)NCc2ccccc2OC(F)F)c(Cl)cc1Cl. The predicted octanol–water partition coefficient (Wildman–Crippen LogP) is 4.38. The van der Waals surface area contributed by atoms with E-state index in [1.165, 1.54) is 30.3 Å². The molecule has 0 bridgehead atoms. The van der Waals surface area contributed by atoms with Crippen molar-refractivity contribution >= 4 is 33.2 Å². The Labute approximate surface area is 148 Å². The molecular formula is C15H13Cl2F2NO3S. The first kappa shape index (κ1) is 18.9. The van der Waals surface area contributed by atoms with E-state index >= 15 is 0 Å². The molecule has 2 rings (SSSR count). The van der Waals surface area contributed by atoms with E-state index in [-0.39, 0.29) is 27.8 Å². The van der Waals surface area contributed by atoms with Gasteiger partial charge in [-0.15, -0.1) is 0 Å². The summed E-state index contributed by atoms with van der Waals surface area (Å²) in [5.74, 6) is -0.103. The highest BCUT2D eigenvalue weighted by Crippen LogP contribution is 2.28. The van der Waals surface area contributed by atoms with Gasteiger partial charge in [0.25, 0.3) is 0 Å². The summed E-state index contributed by atoms with van der Waals surface area (Å²) in [6, 6.07) is 8.58. The third-order valence-corrected chi connectivity index (χ3v) is 5.42. The molecule has 0 aliphatic carbocycles. The Morgan fingerprint density at radius 3 is 2.50 bits per heavy atom. The lowest BCUT2D eigenvalue weighted by molar-refractivity contribution is -0.0504. The van der Waals surface area contributed by atoms with Crippen molar-refractivity contribution in [2.45, 2.75) is 25.0 Å². The zero-order valence-electron chi connectivity index (χ0n) is 12.4. The van der Waals surface area contributed by atoms with E-state index in [1.54, 1.807) is 13.0 Å². The number of hydrogen-bond acceptors (Lipinski definition) is 3. The Kier molecular flexibility index (Phi) is 6.03. The minimum Gasteiger partial charge on any atom is -0.434 e. The van der Waals surface area contributed by atoms with E-state index in [1.807, 2.05) is 0 Å². The van der Waals surface area contributed by atoms with Gasteiger partial charge < -0.3 is 4.74 Å². The van der Waals surface area contributed by atoms with Gasteiger partial charge >= 0.3 is 6.61 Å². The van der Waals surface area contributed by atoms with Crippen LogP contribution in [-0.2, 0) is 16.6 Å². The van der Waals surface area contributed by atoms with Crippen molar-refractivity contribution in [2.75, 3.05) is 0 Å². The Bertz CT molecular complexity index is 845. The Hall–Kier alpha value is -1.41. The van der Waals surface area contributed by atoms with E-state index in [9.17, 15) is 17.2 Å². The first-order chi connectivity index (χ1) is 11.2. The molecule has 0 atom stereocenters. The minimum atomic E-state index is -3.96. The van der Waals surface area contributed by atoms with Gasteiger partial charge in [0.1, 0.15) is 10.6 Å². The summed E-state index contributed by atoms with van der Waals surface area (Å²) in [5.41, 5.74) is 0.811. The van der Waals surface area contributed by atoms with Gasteiger partial charge in [-0.1, -0.05) is 41.4 Å². The van der Waals surface area contributed by atoms with E-state index in [0.29, 0.717) is 10.6 Å². The van der Waals surface area contributed by atoms with Crippen LogP contribution in [-0.4, -0.2) is 15.0 Å². The average molecular weight is 396 g/mol. The van der Waals surface area contributed by atoms with Crippen LogP contribution in [0.4, 0.5) is 8.78 Å². The summed E-state index contributed by atoms with van der Waals surface area (Å²) in [4.78, 5) is -0.140. The largest absolute Gasteiger partial charge is 0.434 e. The van der Waals surface area contributed by atoms with Crippen molar-refractivity contribution in [3.63, 3.8) is 0 Å². The number of para-hydroxylation sites is 1. The molecule has 0 radical (unpaired) electrons. The monoisotopic (exact) mass is 395 g/mol. The zero-order valence-corrected chi connectivity index (χ0v) is 14.7. The van der Waals surface area contributed by atoms with Crippen molar-refractivity contribution in [1.82, 2.24) is 4.72 Å². The molecular weight excluding hydrogens is 383 g/mol. The summed E-state index contributed by atoms with van der Waals surface area (Å²) in [5, 5.41) is 0.310. The second-order valence-corrected chi connectivity index (χ2v) is 7.39. The molecule has 0 fully saturated rings. The Morgan fingerprint density at radius 1 is 1.17 bits per heavy atom. The molecule has 0 unspecified atom stereocenters. The molecule has 0 saturated carbocycles. The van der Waals surface area contributed by atoms with Crippen LogP contribution in [0, 0.1) is 6.92 Å². The zero-order chi connectivity index (χ0) is 17.9. The molecule has 0 aromatic heterocycles. The lowest BCUT2D eigenvalue weighted by Gasteiger charge is -2.13. The van der Waals surface area contributed by atoms with Crippen molar-refractivity contribution in [3.8, 4) is 5.75 Å². The van der Waals surface area contributed by atoms with Crippen LogP contribution in [0.25, 0.3) is 0 Å². The maximum absolute atomic E-state index is 12.4. The maximum Gasteiger partial charge on any atom is 0.387 e. The summed E-state index contributed by atoms with van der Waals surface area (Å²) >= 11 is 11.8. The first-order valence-electron chi connectivity index (χ1n) is 6.68. The molecule has 1 N–H and O–H groups in total. The molecule has 130 valence electrons. The van der Waals surface area contributed by atoms with E-state index in [4.69, 9.17) is 23.2 Å². The van der Waals surface area contributed by atoms with Gasteiger partial charge in [0.15, 0.2) is 0 Å². The van der Waals surface area contributed by atoms with Crippen molar-refractivity contribution in [1.29, 1.82) is 0 Å². The first-order valence-corrected chi connectivity index (χ1v) is 8.92. The molecule has 0 spiro atoms. The van der Waals surface area contributed by atoms with Gasteiger partial charge in [-0.3, -0.25) is 0 Å². The number of alkyl halides is 2. The van der Waals surface area contributed by atoms with Crippen LogP contribution in [0.15, 0.2) is 41.3 Å². The number of aryl methyl sites for hydroxylation is 1. The van der Waals surface area contributed by atoms with Crippen molar-refractivity contribution < 1.29 is 21.9 Å². The standard InChI is InChI=1S/C15H13Cl2F2NO3S/c1-9-6-14(12(17)7-11(9)16)24(21,22)20-8-10-4-2-3-5-13(10)23-15(18)19/h2-7,15,20H,8H2,1H3. The van der Waals surface area contributed by atoms with E-state index in [2.05, 4.69) is 9.46 Å². The number of ether oxygens (including phenoxy) is 1. The summed E-state index contributed by atoms with van der Waals surface area (Å²) in [7, 11) is -3.96. The van der Waals surface area contributed by atoms with Crippen LogP contribution in [0.5, 0.6) is 5.75 Å². The second-order valence-electron chi connectivity index (χ2n) is 4.84. The number of rotatable bonds is 6. The van der Waals surface area contributed by atoms with Gasteiger partial charge in [-0.25, -0.2) is 13.1 Å². The fraction of sp³-hybridized carbons (Fsp3) is 0.200. The van der Waals surface area contributed by atoms with Crippen LogP contribution < -0.4 is 9.46 Å². The van der Waals surface area contributed by atoms with Crippen molar-refractivity contribution in [2.24, 2.45) is 0 Å². The highest BCUT2D eigenvalue weighted by molar-refractivity contribution is 7.89. The van der Waals surface area contributed by atoms with Gasteiger partial charge in [0.05, 0.1) is 5.02 Å². The molecule has 0 heterocycles. The average Bonchev–Trinajstić information content (AvgIpc) is 2.49. The molecule has 0 aliphatic rings. The summed E-state index contributed by atoms with van der Waals surface area (Å²) in [6.45, 7) is -1.59. The fourth-order valence-corrected chi connectivity index (χ4v) is 3.78. The van der Waals surface area contributed by atoms with Crippen LogP contribution in [0.3, 0.4) is 0 Å². The molecule has 9 heteroatoms. The smallest absolute Gasteiger partial charge is 0.387 e. The normalized spacial score (nSPS) is 11.8. The second kappa shape index (κ2) is 7.65. The van der Waals surface area contributed by atoms with Gasteiger partial charge in [0.2, 0.25) is 10.0 Å². The van der Waals surface area contributed by atoms with Crippen LogP contribution in [0.1, 0.15) is 11.1 Å². The number of hydrogen-bond donors (Lipinski definition) is 1.